The number of carbonyl (C=O) groups is 1. The van der Waals surface area contributed by atoms with Gasteiger partial charge in [-0.15, -0.1) is 0 Å². The van der Waals surface area contributed by atoms with E-state index in [-0.39, 0.29) is 5.91 Å². The van der Waals surface area contributed by atoms with Crippen molar-refractivity contribution < 1.29 is 14.3 Å². The number of carbonyl (C=O) groups excluding carboxylic acids is 1. The minimum Gasteiger partial charge on any atom is -0.381 e. The molecule has 76 valence electrons. The monoisotopic (exact) mass is 187 g/mol. The van der Waals surface area contributed by atoms with Crippen LogP contribution in [0.3, 0.4) is 0 Å². The Morgan fingerprint density at radius 1 is 1.77 bits per heavy atom. The fourth-order valence-electron chi connectivity index (χ4n) is 1.37. The van der Waals surface area contributed by atoms with Crippen LogP contribution in [0.2, 0.25) is 0 Å². The highest BCUT2D eigenvalue weighted by atomic mass is 16.5. The normalized spacial score (nSPS) is 24.5. The van der Waals surface area contributed by atoms with Crippen LogP contribution in [-0.2, 0) is 14.3 Å². The topological polar surface area (TPSA) is 61.6 Å². The van der Waals surface area contributed by atoms with Crippen LogP contribution < -0.4 is 5.73 Å². The number of nitrogens with two attached hydrogens (primary N) is 1. The summed E-state index contributed by atoms with van der Waals surface area (Å²) in [5.74, 6) is 0.0646. The first-order valence-corrected chi connectivity index (χ1v) is 4.72. The maximum atomic E-state index is 10.8. The van der Waals surface area contributed by atoms with Crippen molar-refractivity contribution in [3.8, 4) is 0 Å². The third-order valence-electron chi connectivity index (χ3n) is 2.25. The first kappa shape index (κ1) is 10.5. The predicted molar refractivity (Wildman–Crippen MR) is 48.2 cm³/mol. The first-order valence-electron chi connectivity index (χ1n) is 4.72. The van der Waals surface area contributed by atoms with Crippen LogP contribution in [0.1, 0.15) is 19.8 Å². The lowest BCUT2D eigenvalue weighted by Gasteiger charge is -2.14. The highest BCUT2D eigenvalue weighted by Gasteiger charge is 2.19. The molecular weight excluding hydrogens is 170 g/mol. The number of rotatable bonds is 5. The number of amides is 1. The molecule has 0 aromatic heterocycles. The predicted octanol–water partition coefficient (Wildman–Crippen LogP) is 0.303. The van der Waals surface area contributed by atoms with Crippen molar-refractivity contribution in [2.75, 3.05) is 19.8 Å². The van der Waals surface area contributed by atoms with Gasteiger partial charge in [-0.1, -0.05) is 6.92 Å². The molecule has 1 aliphatic heterocycles. The van der Waals surface area contributed by atoms with Gasteiger partial charge in [-0.25, -0.2) is 0 Å². The number of hydrogen-bond acceptors (Lipinski definition) is 3. The molecule has 0 spiro atoms. The van der Waals surface area contributed by atoms with E-state index in [1.807, 2.05) is 6.92 Å². The molecule has 1 fully saturated rings. The third kappa shape index (κ3) is 3.32. The molecule has 2 unspecified atom stereocenters. The Morgan fingerprint density at radius 2 is 2.54 bits per heavy atom. The van der Waals surface area contributed by atoms with E-state index in [9.17, 15) is 4.79 Å². The van der Waals surface area contributed by atoms with Crippen LogP contribution in [0.4, 0.5) is 0 Å². The van der Waals surface area contributed by atoms with E-state index in [2.05, 4.69) is 0 Å². The molecule has 2 atom stereocenters. The molecule has 4 heteroatoms. The molecule has 1 rings (SSSR count). The molecule has 4 nitrogen and oxygen atoms in total. The molecule has 13 heavy (non-hydrogen) atoms. The zero-order valence-corrected chi connectivity index (χ0v) is 7.99. The van der Waals surface area contributed by atoms with E-state index in [4.69, 9.17) is 15.2 Å². The molecule has 0 saturated carbocycles. The molecule has 1 saturated heterocycles. The summed E-state index contributed by atoms with van der Waals surface area (Å²) >= 11 is 0. The average molecular weight is 187 g/mol. The minimum atomic E-state index is -0.430. The van der Waals surface area contributed by atoms with Crippen molar-refractivity contribution in [2.45, 2.75) is 25.9 Å². The van der Waals surface area contributed by atoms with Crippen molar-refractivity contribution in [3.63, 3.8) is 0 Å². The zero-order valence-electron chi connectivity index (χ0n) is 7.99. The fourth-order valence-corrected chi connectivity index (χ4v) is 1.37. The summed E-state index contributed by atoms with van der Waals surface area (Å²) in [5.41, 5.74) is 5.14. The van der Waals surface area contributed by atoms with Gasteiger partial charge in [-0.3, -0.25) is 4.79 Å². The van der Waals surface area contributed by atoms with Crippen LogP contribution >= 0.6 is 0 Å². The molecule has 0 aliphatic carbocycles. The molecule has 2 N–H and O–H groups in total. The van der Waals surface area contributed by atoms with Gasteiger partial charge in [0.25, 0.3) is 0 Å². The number of hydrogen-bond donors (Lipinski definition) is 1. The van der Waals surface area contributed by atoms with Gasteiger partial charge >= 0.3 is 0 Å². The van der Waals surface area contributed by atoms with E-state index in [0.29, 0.717) is 18.9 Å². The maximum absolute atomic E-state index is 10.8. The lowest BCUT2D eigenvalue weighted by atomic mass is 10.1. The lowest BCUT2D eigenvalue weighted by molar-refractivity contribution is -0.130. The standard InChI is InChI=1S/C9H17NO3/c1-2-8(9(10)11)13-6-7-3-4-12-5-7/h7-8H,2-6H2,1H3,(H2,10,11). The van der Waals surface area contributed by atoms with Gasteiger partial charge in [-0.2, -0.15) is 0 Å². The van der Waals surface area contributed by atoms with E-state index >= 15 is 0 Å². The largest absolute Gasteiger partial charge is 0.381 e. The van der Waals surface area contributed by atoms with Crippen LogP contribution in [0, 0.1) is 5.92 Å². The van der Waals surface area contributed by atoms with Crippen molar-refractivity contribution in [3.05, 3.63) is 0 Å². The summed E-state index contributed by atoms with van der Waals surface area (Å²) in [7, 11) is 0. The zero-order chi connectivity index (χ0) is 9.68. The summed E-state index contributed by atoms with van der Waals surface area (Å²) < 4.78 is 10.6. The van der Waals surface area contributed by atoms with Gasteiger partial charge in [0, 0.05) is 12.5 Å². The van der Waals surface area contributed by atoms with E-state index in [1.165, 1.54) is 0 Å². The molecule has 1 aliphatic rings. The average Bonchev–Trinajstić information content (AvgIpc) is 2.57. The summed E-state index contributed by atoms with van der Waals surface area (Å²) in [6.07, 6.45) is 1.23. The Balaban J connectivity index is 2.18. The second kappa shape index (κ2) is 5.19. The van der Waals surface area contributed by atoms with Gasteiger partial charge in [0.1, 0.15) is 6.10 Å². The molecule has 1 heterocycles. The van der Waals surface area contributed by atoms with Gasteiger partial charge in [0.2, 0.25) is 5.91 Å². The van der Waals surface area contributed by atoms with Gasteiger partial charge in [0.15, 0.2) is 0 Å². The molecule has 1 amide bonds. The van der Waals surface area contributed by atoms with Crippen molar-refractivity contribution in [1.29, 1.82) is 0 Å². The van der Waals surface area contributed by atoms with Crippen LogP contribution in [0.15, 0.2) is 0 Å². The molecule has 0 bridgehead atoms. The summed E-state index contributed by atoms with van der Waals surface area (Å²) in [6, 6.07) is 0. The lowest BCUT2D eigenvalue weighted by Crippen LogP contribution is -2.32. The van der Waals surface area contributed by atoms with Crippen LogP contribution in [-0.4, -0.2) is 31.8 Å². The molecule has 0 aromatic rings. The quantitative estimate of drug-likeness (QED) is 0.673. The van der Waals surface area contributed by atoms with E-state index < -0.39 is 6.10 Å². The Morgan fingerprint density at radius 3 is 3.00 bits per heavy atom. The Kier molecular flexibility index (Phi) is 4.18. The van der Waals surface area contributed by atoms with Crippen LogP contribution in [0.25, 0.3) is 0 Å². The molecular formula is C9H17NO3. The minimum absolute atomic E-state index is 0.374. The Bertz CT molecular complexity index is 166. The number of ether oxygens (including phenoxy) is 2. The first-order chi connectivity index (χ1) is 6.24. The smallest absolute Gasteiger partial charge is 0.246 e. The second-order valence-corrected chi connectivity index (χ2v) is 3.36. The van der Waals surface area contributed by atoms with Gasteiger partial charge in [-0.05, 0) is 12.8 Å². The van der Waals surface area contributed by atoms with Crippen molar-refractivity contribution in [2.24, 2.45) is 11.7 Å². The van der Waals surface area contributed by atoms with Crippen LogP contribution in [0.5, 0.6) is 0 Å². The Hall–Kier alpha value is -0.610. The SMILES string of the molecule is CCC(OCC1CCOC1)C(N)=O. The summed E-state index contributed by atoms with van der Waals surface area (Å²) in [5, 5.41) is 0. The maximum Gasteiger partial charge on any atom is 0.246 e. The highest BCUT2D eigenvalue weighted by Crippen LogP contribution is 2.13. The van der Waals surface area contributed by atoms with Crippen molar-refractivity contribution >= 4 is 5.91 Å². The number of primary amides is 1. The van der Waals surface area contributed by atoms with Gasteiger partial charge in [0.05, 0.1) is 13.2 Å². The highest BCUT2D eigenvalue weighted by molar-refractivity contribution is 5.78. The second-order valence-electron chi connectivity index (χ2n) is 3.36. The summed E-state index contributed by atoms with van der Waals surface area (Å²) in [6.45, 7) is 4.03. The molecule has 0 aromatic carbocycles. The fraction of sp³-hybridized carbons (Fsp3) is 0.889. The van der Waals surface area contributed by atoms with Crippen molar-refractivity contribution in [1.82, 2.24) is 0 Å². The Labute approximate surface area is 78.4 Å². The van der Waals surface area contributed by atoms with Gasteiger partial charge < -0.3 is 15.2 Å². The molecule has 0 radical (unpaired) electrons. The van der Waals surface area contributed by atoms with E-state index in [0.717, 1.165) is 19.6 Å². The summed E-state index contributed by atoms with van der Waals surface area (Å²) in [4.78, 5) is 10.8. The van der Waals surface area contributed by atoms with E-state index in [1.54, 1.807) is 0 Å². The third-order valence-corrected chi connectivity index (χ3v) is 2.25.